The van der Waals surface area contributed by atoms with Gasteiger partial charge in [-0.25, -0.2) is 0 Å². The quantitative estimate of drug-likeness (QED) is 0.531. The average molecular weight is 408 g/mol. The van der Waals surface area contributed by atoms with E-state index in [1.165, 1.54) is 0 Å². The fourth-order valence-corrected chi connectivity index (χ4v) is 3.71. The highest BCUT2D eigenvalue weighted by atomic mass is 16.2. The van der Waals surface area contributed by atoms with Crippen LogP contribution in [0.3, 0.4) is 0 Å². The average Bonchev–Trinajstić information content (AvgIpc) is 3.01. The van der Waals surface area contributed by atoms with Crippen LogP contribution in [0.15, 0.2) is 48.5 Å². The molecule has 1 atom stereocenters. The van der Waals surface area contributed by atoms with Gasteiger partial charge in [0.05, 0.1) is 0 Å². The summed E-state index contributed by atoms with van der Waals surface area (Å²) in [5, 5.41) is 6.47. The van der Waals surface area contributed by atoms with Gasteiger partial charge in [0.25, 0.3) is 11.8 Å². The van der Waals surface area contributed by atoms with Crippen molar-refractivity contribution in [1.29, 1.82) is 0 Å². The maximum atomic E-state index is 12.9. The first-order chi connectivity index (χ1) is 14.5. The molecule has 5 nitrogen and oxygen atoms in total. The number of carbonyl (C=O) groups is 2. The van der Waals surface area contributed by atoms with Crippen LogP contribution in [0.1, 0.15) is 78.9 Å². The van der Waals surface area contributed by atoms with Gasteiger partial charge >= 0.3 is 0 Å². The number of carbonyl (C=O) groups excluding carboxylic acids is 2. The van der Waals surface area contributed by atoms with Crippen molar-refractivity contribution in [2.45, 2.75) is 52.6 Å². The Labute approximate surface area is 179 Å². The second-order valence-electron chi connectivity index (χ2n) is 8.36. The van der Waals surface area contributed by atoms with E-state index in [2.05, 4.69) is 31.4 Å². The number of hydrogen-bond donors (Lipinski definition) is 2. The van der Waals surface area contributed by atoms with Crippen LogP contribution in [0.2, 0.25) is 0 Å². The molecule has 0 saturated heterocycles. The van der Waals surface area contributed by atoms with E-state index in [1.54, 1.807) is 0 Å². The van der Waals surface area contributed by atoms with E-state index in [1.807, 2.05) is 53.4 Å². The number of amides is 2. The molecule has 0 fully saturated rings. The molecule has 3 rings (SSSR count). The number of nitrogens with one attached hydrogen (secondary N) is 2. The number of fused-ring (bicyclic) bond motifs is 1. The lowest BCUT2D eigenvalue weighted by Crippen LogP contribution is -2.33. The van der Waals surface area contributed by atoms with Crippen molar-refractivity contribution in [3.8, 4) is 0 Å². The summed E-state index contributed by atoms with van der Waals surface area (Å²) >= 11 is 0. The summed E-state index contributed by atoms with van der Waals surface area (Å²) in [6.45, 7) is 7.90. The van der Waals surface area contributed by atoms with Crippen LogP contribution < -0.4 is 10.6 Å². The Hall–Kier alpha value is -2.82. The third kappa shape index (κ3) is 5.21. The summed E-state index contributed by atoms with van der Waals surface area (Å²) in [7, 11) is 0. The highest BCUT2D eigenvalue weighted by Gasteiger charge is 2.36. The second kappa shape index (κ2) is 10.3. The zero-order valence-corrected chi connectivity index (χ0v) is 18.3. The number of benzene rings is 2. The molecular formula is C25H33N3O2. The zero-order valence-electron chi connectivity index (χ0n) is 18.3. The molecule has 2 aromatic carbocycles. The summed E-state index contributed by atoms with van der Waals surface area (Å²) in [6.07, 6.45) is 4.02. The minimum atomic E-state index is -0.193. The van der Waals surface area contributed by atoms with Gasteiger partial charge in [-0.3, -0.25) is 9.59 Å². The van der Waals surface area contributed by atoms with E-state index in [9.17, 15) is 9.59 Å². The maximum absolute atomic E-state index is 12.9. The molecule has 0 spiro atoms. The van der Waals surface area contributed by atoms with Crippen molar-refractivity contribution in [2.75, 3.05) is 18.4 Å². The Bertz CT molecular complexity index is 861. The van der Waals surface area contributed by atoms with E-state index in [-0.39, 0.29) is 18.0 Å². The van der Waals surface area contributed by atoms with Crippen molar-refractivity contribution < 1.29 is 9.59 Å². The van der Waals surface area contributed by atoms with Gasteiger partial charge in [-0.15, -0.1) is 0 Å². The molecule has 1 aliphatic heterocycles. The Kier molecular flexibility index (Phi) is 7.50. The standard InChI is InChI=1S/C25H33N3O2/c1-4-5-8-16-26-24(29)19-11-13-20(14-12-19)27-23-21-9-6-7-10-22(21)25(30)28(23)17-15-18(2)3/h6-7,9-14,18,23,27H,4-5,8,15-17H2,1-3H3,(H,26,29). The molecule has 0 saturated carbocycles. The Morgan fingerprint density at radius 1 is 1.07 bits per heavy atom. The lowest BCUT2D eigenvalue weighted by molar-refractivity contribution is 0.0734. The predicted molar refractivity (Wildman–Crippen MR) is 122 cm³/mol. The maximum Gasteiger partial charge on any atom is 0.256 e. The third-order valence-electron chi connectivity index (χ3n) is 5.52. The SMILES string of the molecule is CCCCCNC(=O)c1ccc(NC2c3ccccc3C(=O)N2CCC(C)C)cc1. The largest absolute Gasteiger partial charge is 0.361 e. The number of nitrogens with zero attached hydrogens (tertiary/aromatic N) is 1. The number of hydrogen-bond acceptors (Lipinski definition) is 3. The predicted octanol–water partition coefficient (Wildman–Crippen LogP) is 5.22. The summed E-state index contributed by atoms with van der Waals surface area (Å²) in [5.41, 5.74) is 3.31. The van der Waals surface area contributed by atoms with Crippen LogP contribution in [0.4, 0.5) is 5.69 Å². The lowest BCUT2D eigenvalue weighted by atomic mass is 10.1. The summed E-state index contributed by atoms with van der Waals surface area (Å²) in [4.78, 5) is 27.1. The van der Waals surface area contributed by atoms with Gasteiger partial charge in [0, 0.05) is 35.5 Å². The second-order valence-corrected chi connectivity index (χ2v) is 8.36. The molecule has 2 N–H and O–H groups in total. The summed E-state index contributed by atoms with van der Waals surface area (Å²) < 4.78 is 0. The molecule has 0 bridgehead atoms. The van der Waals surface area contributed by atoms with Crippen LogP contribution in [0.25, 0.3) is 0 Å². The normalized spacial score (nSPS) is 15.4. The van der Waals surface area contributed by atoms with E-state index in [0.29, 0.717) is 24.6 Å². The van der Waals surface area contributed by atoms with Gasteiger partial charge in [0.2, 0.25) is 0 Å². The van der Waals surface area contributed by atoms with Crippen LogP contribution in [0.5, 0.6) is 0 Å². The molecule has 30 heavy (non-hydrogen) atoms. The fraction of sp³-hybridized carbons (Fsp3) is 0.440. The van der Waals surface area contributed by atoms with Crippen molar-refractivity contribution in [1.82, 2.24) is 10.2 Å². The first-order valence-corrected chi connectivity index (χ1v) is 11.1. The van der Waals surface area contributed by atoms with Crippen molar-refractivity contribution >= 4 is 17.5 Å². The third-order valence-corrected chi connectivity index (χ3v) is 5.52. The van der Waals surface area contributed by atoms with Crippen molar-refractivity contribution in [2.24, 2.45) is 5.92 Å². The number of rotatable bonds is 10. The molecule has 5 heteroatoms. The molecule has 160 valence electrons. The van der Waals surface area contributed by atoms with E-state index in [0.717, 1.165) is 42.5 Å². The minimum Gasteiger partial charge on any atom is -0.361 e. The van der Waals surface area contributed by atoms with Crippen LogP contribution in [0, 0.1) is 5.92 Å². The smallest absolute Gasteiger partial charge is 0.256 e. The van der Waals surface area contributed by atoms with Gasteiger partial charge in [0.1, 0.15) is 6.17 Å². The molecule has 1 aliphatic rings. The molecule has 0 aliphatic carbocycles. The molecule has 1 unspecified atom stereocenters. The van der Waals surface area contributed by atoms with Gasteiger partial charge < -0.3 is 15.5 Å². The summed E-state index contributed by atoms with van der Waals surface area (Å²) in [5.74, 6) is 0.557. The van der Waals surface area contributed by atoms with Gasteiger partial charge in [-0.2, -0.15) is 0 Å². The van der Waals surface area contributed by atoms with Gasteiger partial charge in [-0.1, -0.05) is 51.8 Å². The number of unbranched alkanes of at least 4 members (excludes halogenated alkanes) is 2. The monoisotopic (exact) mass is 407 g/mol. The summed E-state index contributed by atoms with van der Waals surface area (Å²) in [6, 6.07) is 15.3. The molecular weight excluding hydrogens is 374 g/mol. The van der Waals surface area contributed by atoms with E-state index >= 15 is 0 Å². The fourth-order valence-electron chi connectivity index (χ4n) is 3.71. The van der Waals surface area contributed by atoms with Crippen LogP contribution in [-0.2, 0) is 0 Å². The Morgan fingerprint density at radius 2 is 1.80 bits per heavy atom. The molecule has 2 amide bonds. The topological polar surface area (TPSA) is 61.4 Å². The molecule has 2 aromatic rings. The minimum absolute atomic E-state index is 0.0439. The van der Waals surface area contributed by atoms with E-state index < -0.39 is 0 Å². The number of anilines is 1. The Morgan fingerprint density at radius 3 is 2.50 bits per heavy atom. The van der Waals surface area contributed by atoms with E-state index in [4.69, 9.17) is 0 Å². The first-order valence-electron chi connectivity index (χ1n) is 11.1. The zero-order chi connectivity index (χ0) is 21.5. The van der Waals surface area contributed by atoms with Crippen LogP contribution >= 0.6 is 0 Å². The van der Waals surface area contributed by atoms with Crippen LogP contribution in [-0.4, -0.2) is 29.8 Å². The highest BCUT2D eigenvalue weighted by molar-refractivity contribution is 5.99. The first kappa shape index (κ1) is 21.9. The highest BCUT2D eigenvalue weighted by Crippen LogP contribution is 2.34. The molecule has 1 heterocycles. The molecule has 0 radical (unpaired) electrons. The van der Waals surface area contributed by atoms with Gasteiger partial charge in [0.15, 0.2) is 0 Å². The van der Waals surface area contributed by atoms with Crippen molar-refractivity contribution in [3.63, 3.8) is 0 Å². The lowest BCUT2D eigenvalue weighted by Gasteiger charge is -2.28. The molecule has 0 aromatic heterocycles. The Balaban J connectivity index is 1.70. The van der Waals surface area contributed by atoms with Gasteiger partial charge in [-0.05, 0) is 49.1 Å². The van der Waals surface area contributed by atoms with Crippen molar-refractivity contribution in [3.05, 3.63) is 65.2 Å².